The second-order valence-electron chi connectivity index (χ2n) is 6.23. The Morgan fingerprint density at radius 1 is 1.11 bits per heavy atom. The van der Waals surface area contributed by atoms with Gasteiger partial charge in [-0.3, -0.25) is 9.48 Å². The molecule has 138 valence electrons. The van der Waals surface area contributed by atoms with Crippen molar-refractivity contribution in [2.45, 2.75) is 13.0 Å². The van der Waals surface area contributed by atoms with Crippen LogP contribution in [0.3, 0.4) is 0 Å². The molecule has 3 aromatic rings. The van der Waals surface area contributed by atoms with Gasteiger partial charge in [-0.15, -0.1) is 0 Å². The van der Waals surface area contributed by atoms with Gasteiger partial charge in [0.2, 0.25) is 0 Å². The third kappa shape index (κ3) is 4.33. The molecule has 1 amide bonds. The van der Waals surface area contributed by atoms with Crippen LogP contribution in [0.5, 0.6) is 0 Å². The molecule has 0 spiro atoms. The molecule has 0 bridgehead atoms. The van der Waals surface area contributed by atoms with Crippen molar-refractivity contribution in [1.82, 2.24) is 15.1 Å². The van der Waals surface area contributed by atoms with E-state index in [1.807, 2.05) is 49.4 Å². The van der Waals surface area contributed by atoms with Gasteiger partial charge in [-0.25, -0.2) is 4.99 Å². The van der Waals surface area contributed by atoms with Crippen LogP contribution in [-0.4, -0.2) is 21.6 Å². The average Bonchev–Trinajstić information content (AvgIpc) is 3.04. The molecule has 7 nitrogen and oxygen atoms in total. The van der Waals surface area contributed by atoms with Gasteiger partial charge in [-0.2, -0.15) is 5.10 Å². The molecule has 0 saturated heterocycles. The highest BCUT2D eigenvalue weighted by molar-refractivity contribution is 5.94. The number of nitrogens with two attached hydrogens (primary N) is 2. The van der Waals surface area contributed by atoms with Crippen LogP contribution in [0.2, 0.25) is 0 Å². The maximum Gasteiger partial charge on any atom is 0.270 e. The Balaban J connectivity index is 1.73. The summed E-state index contributed by atoms with van der Waals surface area (Å²) in [6.07, 6.45) is 0. The number of nitrogens with zero attached hydrogens (tertiary/aromatic N) is 3. The molecule has 0 fully saturated rings. The van der Waals surface area contributed by atoms with E-state index >= 15 is 0 Å². The van der Waals surface area contributed by atoms with E-state index < -0.39 is 0 Å². The number of hydrogen-bond acceptors (Lipinski definition) is 3. The van der Waals surface area contributed by atoms with Crippen molar-refractivity contribution in [3.63, 3.8) is 0 Å². The standard InChI is InChI=1S/C20H22N6O/c1-13(14-8-10-16(11-9-14)24-20(21)22)23-19(27)18-12-17(25-26(18)2)15-6-4-3-5-7-15/h3-13H,1-2H3,(H,23,27)(H4,21,22,24)/t13-/m1/s1. The van der Waals surface area contributed by atoms with Gasteiger partial charge in [0, 0.05) is 12.6 Å². The second kappa shape index (κ2) is 7.74. The Morgan fingerprint density at radius 2 is 1.78 bits per heavy atom. The van der Waals surface area contributed by atoms with E-state index in [1.54, 1.807) is 29.9 Å². The fourth-order valence-corrected chi connectivity index (χ4v) is 2.77. The molecule has 0 saturated carbocycles. The largest absolute Gasteiger partial charge is 0.370 e. The topological polar surface area (TPSA) is 111 Å². The zero-order valence-electron chi connectivity index (χ0n) is 15.3. The molecule has 2 aromatic carbocycles. The number of aliphatic imine (C=N–C) groups is 1. The minimum atomic E-state index is -0.187. The molecule has 0 aliphatic rings. The van der Waals surface area contributed by atoms with Crippen LogP contribution in [0.1, 0.15) is 29.0 Å². The minimum absolute atomic E-state index is 0.00882. The molecular formula is C20H22N6O. The number of hydrogen-bond donors (Lipinski definition) is 3. The number of nitrogens with one attached hydrogen (secondary N) is 1. The summed E-state index contributed by atoms with van der Waals surface area (Å²) in [7, 11) is 1.76. The van der Waals surface area contributed by atoms with Crippen molar-refractivity contribution >= 4 is 17.6 Å². The van der Waals surface area contributed by atoms with E-state index in [-0.39, 0.29) is 17.9 Å². The molecule has 1 aromatic heterocycles. The number of carbonyl (C=O) groups is 1. The van der Waals surface area contributed by atoms with Gasteiger partial charge >= 0.3 is 0 Å². The van der Waals surface area contributed by atoms with Gasteiger partial charge < -0.3 is 16.8 Å². The molecule has 3 rings (SSSR count). The zero-order valence-corrected chi connectivity index (χ0v) is 15.3. The van der Waals surface area contributed by atoms with E-state index in [0.29, 0.717) is 11.4 Å². The summed E-state index contributed by atoms with van der Waals surface area (Å²) in [6, 6.07) is 18.7. The van der Waals surface area contributed by atoms with Crippen molar-refractivity contribution in [3.05, 3.63) is 71.9 Å². The first-order valence-electron chi connectivity index (χ1n) is 8.54. The molecule has 5 N–H and O–H groups in total. The summed E-state index contributed by atoms with van der Waals surface area (Å²) in [5.41, 5.74) is 14.6. The molecule has 0 radical (unpaired) electrons. The maximum atomic E-state index is 12.7. The Kier molecular flexibility index (Phi) is 5.21. The first-order valence-corrected chi connectivity index (χ1v) is 8.54. The first kappa shape index (κ1) is 18.2. The molecule has 0 aliphatic heterocycles. The van der Waals surface area contributed by atoms with Gasteiger partial charge in [-0.05, 0) is 30.7 Å². The lowest BCUT2D eigenvalue weighted by Crippen LogP contribution is -2.28. The fraction of sp³-hybridized carbons (Fsp3) is 0.150. The van der Waals surface area contributed by atoms with E-state index in [0.717, 1.165) is 16.8 Å². The smallest absolute Gasteiger partial charge is 0.270 e. The van der Waals surface area contributed by atoms with Crippen LogP contribution in [0.4, 0.5) is 5.69 Å². The van der Waals surface area contributed by atoms with Crippen molar-refractivity contribution < 1.29 is 4.79 Å². The molecule has 27 heavy (non-hydrogen) atoms. The van der Waals surface area contributed by atoms with Crippen LogP contribution in [0.15, 0.2) is 65.7 Å². The van der Waals surface area contributed by atoms with Gasteiger partial charge in [0.15, 0.2) is 5.96 Å². The second-order valence-corrected chi connectivity index (χ2v) is 6.23. The first-order chi connectivity index (χ1) is 12.9. The summed E-state index contributed by atoms with van der Waals surface area (Å²) in [5, 5.41) is 7.43. The third-order valence-corrected chi connectivity index (χ3v) is 4.18. The predicted octanol–water partition coefficient (Wildman–Crippen LogP) is 2.48. The number of benzene rings is 2. The summed E-state index contributed by atoms with van der Waals surface area (Å²) in [4.78, 5) is 16.7. The normalized spacial score (nSPS) is 11.6. The minimum Gasteiger partial charge on any atom is -0.370 e. The van der Waals surface area contributed by atoms with Crippen molar-refractivity contribution in [2.24, 2.45) is 23.5 Å². The summed E-state index contributed by atoms with van der Waals surface area (Å²) < 4.78 is 1.59. The van der Waals surface area contributed by atoms with Gasteiger partial charge in [0.25, 0.3) is 5.91 Å². The highest BCUT2D eigenvalue weighted by Gasteiger charge is 2.17. The Morgan fingerprint density at radius 3 is 2.41 bits per heavy atom. The van der Waals surface area contributed by atoms with Crippen LogP contribution in [0.25, 0.3) is 11.3 Å². The third-order valence-electron chi connectivity index (χ3n) is 4.18. The molecule has 1 heterocycles. The van der Waals surface area contributed by atoms with Gasteiger partial charge in [0.05, 0.1) is 17.4 Å². The lowest BCUT2D eigenvalue weighted by molar-refractivity contribution is 0.0930. The molecule has 0 unspecified atom stereocenters. The highest BCUT2D eigenvalue weighted by Crippen LogP contribution is 2.20. The lowest BCUT2D eigenvalue weighted by atomic mass is 10.1. The number of guanidine groups is 1. The number of aromatic nitrogens is 2. The number of rotatable bonds is 5. The van der Waals surface area contributed by atoms with Crippen LogP contribution < -0.4 is 16.8 Å². The summed E-state index contributed by atoms with van der Waals surface area (Å²) in [6.45, 7) is 1.92. The quantitative estimate of drug-likeness (QED) is 0.478. The molecule has 0 aliphatic carbocycles. The Hall–Kier alpha value is -3.61. The highest BCUT2D eigenvalue weighted by atomic mass is 16.2. The van der Waals surface area contributed by atoms with Gasteiger partial charge in [-0.1, -0.05) is 42.5 Å². The number of aryl methyl sites for hydroxylation is 1. The molecule has 7 heteroatoms. The molecular weight excluding hydrogens is 340 g/mol. The monoisotopic (exact) mass is 362 g/mol. The summed E-state index contributed by atoms with van der Waals surface area (Å²) >= 11 is 0. The van der Waals surface area contributed by atoms with E-state index in [9.17, 15) is 4.79 Å². The Bertz CT molecular complexity index is 956. The number of amides is 1. The van der Waals surface area contributed by atoms with E-state index in [4.69, 9.17) is 11.5 Å². The lowest BCUT2D eigenvalue weighted by Gasteiger charge is -2.14. The van der Waals surface area contributed by atoms with Crippen LogP contribution >= 0.6 is 0 Å². The Labute approximate surface area is 157 Å². The predicted molar refractivity (Wildman–Crippen MR) is 106 cm³/mol. The zero-order chi connectivity index (χ0) is 19.4. The van der Waals surface area contributed by atoms with E-state index in [1.165, 1.54) is 0 Å². The number of carbonyl (C=O) groups excluding carboxylic acids is 1. The maximum absolute atomic E-state index is 12.7. The molecule has 1 atom stereocenters. The van der Waals surface area contributed by atoms with E-state index in [2.05, 4.69) is 15.4 Å². The van der Waals surface area contributed by atoms with Crippen LogP contribution in [0, 0.1) is 0 Å². The van der Waals surface area contributed by atoms with Crippen molar-refractivity contribution in [3.8, 4) is 11.3 Å². The SMILES string of the molecule is C[C@@H](NC(=O)c1cc(-c2ccccc2)nn1C)c1ccc(N=C(N)N)cc1. The van der Waals surface area contributed by atoms with Gasteiger partial charge in [0.1, 0.15) is 5.69 Å². The van der Waals surface area contributed by atoms with Crippen LogP contribution in [-0.2, 0) is 7.05 Å². The summed E-state index contributed by atoms with van der Waals surface area (Å²) in [5.74, 6) is -0.178. The fourth-order valence-electron chi connectivity index (χ4n) is 2.77. The van der Waals surface area contributed by atoms with Crippen molar-refractivity contribution in [2.75, 3.05) is 0 Å². The van der Waals surface area contributed by atoms with Crippen molar-refractivity contribution in [1.29, 1.82) is 0 Å². The average molecular weight is 362 g/mol.